The lowest BCUT2D eigenvalue weighted by Crippen LogP contribution is -2.04. The second kappa shape index (κ2) is 5.73. The third-order valence-corrected chi connectivity index (χ3v) is 3.70. The summed E-state index contributed by atoms with van der Waals surface area (Å²) >= 11 is 1.60. The van der Waals surface area contributed by atoms with Gasteiger partial charge in [-0.25, -0.2) is 0 Å². The van der Waals surface area contributed by atoms with E-state index in [9.17, 15) is 4.79 Å². The van der Waals surface area contributed by atoms with Gasteiger partial charge in [-0.15, -0.1) is 11.8 Å². The van der Waals surface area contributed by atoms with Gasteiger partial charge in [0, 0.05) is 11.3 Å². The highest BCUT2D eigenvalue weighted by Crippen LogP contribution is 2.22. The molecule has 0 aliphatic heterocycles. The number of furan rings is 1. The first-order chi connectivity index (χ1) is 8.25. The Kier molecular flexibility index (Phi) is 4.04. The van der Waals surface area contributed by atoms with Crippen LogP contribution in [0, 0.1) is 6.92 Å². The maximum atomic E-state index is 11.7. The van der Waals surface area contributed by atoms with Crippen LogP contribution in [0.25, 0.3) is 0 Å². The molecule has 0 bridgehead atoms. The van der Waals surface area contributed by atoms with Crippen LogP contribution in [0.15, 0.2) is 52.2 Å². The summed E-state index contributed by atoms with van der Waals surface area (Å²) in [6.45, 7) is 2.06. The number of thioether (sulfide) groups is 1. The maximum Gasteiger partial charge on any atom is 0.147 e. The monoisotopic (exact) mass is 246 g/mol. The highest BCUT2D eigenvalue weighted by molar-refractivity contribution is 8.00. The molecule has 0 radical (unpaired) electrons. The molecule has 0 atom stereocenters. The normalized spacial score (nSPS) is 10.4. The van der Waals surface area contributed by atoms with Gasteiger partial charge in [-0.3, -0.25) is 4.79 Å². The van der Waals surface area contributed by atoms with Crippen LogP contribution in [0.1, 0.15) is 11.1 Å². The highest BCUT2D eigenvalue weighted by Gasteiger charge is 2.06. The minimum atomic E-state index is 0.222. The summed E-state index contributed by atoms with van der Waals surface area (Å²) < 4.78 is 4.94. The largest absolute Gasteiger partial charge is 0.472 e. The molecule has 88 valence electrons. The summed E-state index contributed by atoms with van der Waals surface area (Å²) in [5.41, 5.74) is 2.16. The fourth-order valence-corrected chi connectivity index (χ4v) is 2.44. The van der Waals surface area contributed by atoms with E-state index in [1.54, 1.807) is 24.3 Å². The standard InChI is InChI=1S/C14H14O2S/c1-11-4-2-3-5-14(11)17-10-13(15)8-12-6-7-16-9-12/h2-7,9H,8,10H2,1H3. The van der Waals surface area contributed by atoms with Gasteiger partial charge in [0.2, 0.25) is 0 Å². The van der Waals surface area contributed by atoms with E-state index in [2.05, 4.69) is 13.0 Å². The van der Waals surface area contributed by atoms with Crippen molar-refractivity contribution in [3.63, 3.8) is 0 Å². The minimum absolute atomic E-state index is 0.222. The van der Waals surface area contributed by atoms with Crippen LogP contribution in [0.2, 0.25) is 0 Å². The van der Waals surface area contributed by atoms with Crippen molar-refractivity contribution in [2.24, 2.45) is 0 Å². The SMILES string of the molecule is Cc1ccccc1SCC(=O)Cc1ccoc1. The van der Waals surface area contributed by atoms with E-state index >= 15 is 0 Å². The molecule has 0 spiro atoms. The first-order valence-corrected chi connectivity index (χ1v) is 6.45. The highest BCUT2D eigenvalue weighted by atomic mass is 32.2. The number of Topliss-reactive ketones (excluding diaryl/α,β-unsaturated/α-hetero) is 1. The topological polar surface area (TPSA) is 30.2 Å². The van der Waals surface area contributed by atoms with Crippen molar-refractivity contribution in [2.75, 3.05) is 5.75 Å². The molecule has 0 N–H and O–H groups in total. The molecule has 0 saturated carbocycles. The molecule has 0 fully saturated rings. The van der Waals surface area contributed by atoms with Crippen molar-refractivity contribution in [3.8, 4) is 0 Å². The second-order valence-corrected chi connectivity index (χ2v) is 4.92. The molecule has 0 aliphatic carbocycles. The molecule has 0 unspecified atom stereocenters. The van der Waals surface area contributed by atoms with Crippen molar-refractivity contribution >= 4 is 17.5 Å². The van der Waals surface area contributed by atoms with E-state index in [1.165, 1.54) is 10.5 Å². The van der Waals surface area contributed by atoms with Crippen LogP contribution in [-0.2, 0) is 11.2 Å². The lowest BCUT2D eigenvalue weighted by molar-refractivity contribution is -0.116. The average molecular weight is 246 g/mol. The Bertz CT molecular complexity index is 489. The van der Waals surface area contributed by atoms with Crippen molar-refractivity contribution < 1.29 is 9.21 Å². The molecule has 2 rings (SSSR count). The first-order valence-electron chi connectivity index (χ1n) is 5.47. The van der Waals surface area contributed by atoms with Crippen molar-refractivity contribution in [1.29, 1.82) is 0 Å². The van der Waals surface area contributed by atoms with Crippen LogP contribution in [0.5, 0.6) is 0 Å². The van der Waals surface area contributed by atoms with E-state index in [-0.39, 0.29) is 5.78 Å². The first kappa shape index (κ1) is 12.0. The van der Waals surface area contributed by atoms with Crippen LogP contribution in [-0.4, -0.2) is 11.5 Å². The molecular formula is C14H14O2S. The smallest absolute Gasteiger partial charge is 0.147 e. The molecule has 1 aromatic carbocycles. The quantitative estimate of drug-likeness (QED) is 0.756. The van der Waals surface area contributed by atoms with Gasteiger partial charge in [-0.1, -0.05) is 18.2 Å². The molecule has 0 saturated heterocycles. The van der Waals surface area contributed by atoms with Gasteiger partial charge in [-0.05, 0) is 30.2 Å². The molecule has 0 aliphatic rings. The fraction of sp³-hybridized carbons (Fsp3) is 0.214. The van der Waals surface area contributed by atoms with Gasteiger partial charge < -0.3 is 4.42 Å². The number of ketones is 1. The van der Waals surface area contributed by atoms with Gasteiger partial charge in [0.05, 0.1) is 18.3 Å². The van der Waals surface area contributed by atoms with Crippen molar-refractivity contribution in [3.05, 3.63) is 54.0 Å². The molecular weight excluding hydrogens is 232 g/mol. The van der Waals surface area contributed by atoms with Crippen LogP contribution in [0.3, 0.4) is 0 Å². The zero-order chi connectivity index (χ0) is 12.1. The van der Waals surface area contributed by atoms with E-state index in [4.69, 9.17) is 4.42 Å². The minimum Gasteiger partial charge on any atom is -0.472 e. The zero-order valence-corrected chi connectivity index (χ0v) is 10.5. The molecule has 2 nitrogen and oxygen atoms in total. The summed E-state index contributed by atoms with van der Waals surface area (Å²) in [6, 6.07) is 9.94. The summed E-state index contributed by atoms with van der Waals surface area (Å²) in [4.78, 5) is 12.9. The summed E-state index contributed by atoms with van der Waals surface area (Å²) in [5.74, 6) is 0.732. The van der Waals surface area contributed by atoms with E-state index < -0.39 is 0 Å². The molecule has 1 aromatic heterocycles. The third-order valence-electron chi connectivity index (χ3n) is 2.46. The predicted octanol–water partition coefficient (Wildman–Crippen LogP) is 3.49. The zero-order valence-electron chi connectivity index (χ0n) is 9.68. The van der Waals surface area contributed by atoms with Crippen LogP contribution >= 0.6 is 11.8 Å². The maximum absolute atomic E-state index is 11.7. The predicted molar refractivity (Wildman–Crippen MR) is 69.3 cm³/mol. The summed E-state index contributed by atoms with van der Waals surface area (Å²) in [6.07, 6.45) is 3.67. The molecule has 0 amide bonds. The van der Waals surface area contributed by atoms with Gasteiger partial charge in [-0.2, -0.15) is 0 Å². The summed E-state index contributed by atoms with van der Waals surface area (Å²) in [7, 11) is 0. The Morgan fingerprint density at radius 1 is 1.29 bits per heavy atom. The van der Waals surface area contributed by atoms with Gasteiger partial charge in [0.1, 0.15) is 5.78 Å². The van der Waals surface area contributed by atoms with Crippen molar-refractivity contribution in [2.45, 2.75) is 18.2 Å². The number of carbonyl (C=O) groups is 1. The molecule has 17 heavy (non-hydrogen) atoms. The Balaban J connectivity index is 1.86. The molecule has 1 heterocycles. The average Bonchev–Trinajstić information content (AvgIpc) is 2.81. The van der Waals surface area contributed by atoms with E-state index in [1.807, 2.05) is 24.3 Å². The Labute approximate surface area is 105 Å². The Morgan fingerprint density at radius 3 is 2.82 bits per heavy atom. The van der Waals surface area contributed by atoms with Gasteiger partial charge >= 0.3 is 0 Å². The number of benzene rings is 1. The fourth-order valence-electron chi connectivity index (χ4n) is 1.55. The van der Waals surface area contributed by atoms with Gasteiger partial charge in [0.25, 0.3) is 0 Å². The van der Waals surface area contributed by atoms with Crippen LogP contribution < -0.4 is 0 Å². The lowest BCUT2D eigenvalue weighted by atomic mass is 10.2. The van der Waals surface area contributed by atoms with Crippen molar-refractivity contribution in [1.82, 2.24) is 0 Å². The number of carbonyl (C=O) groups excluding carboxylic acids is 1. The number of hydrogen-bond acceptors (Lipinski definition) is 3. The molecule has 2 aromatic rings. The van der Waals surface area contributed by atoms with Crippen LogP contribution in [0.4, 0.5) is 0 Å². The molecule has 3 heteroatoms. The Morgan fingerprint density at radius 2 is 2.12 bits per heavy atom. The lowest BCUT2D eigenvalue weighted by Gasteiger charge is -2.03. The number of aryl methyl sites for hydroxylation is 1. The second-order valence-electron chi connectivity index (χ2n) is 3.90. The Hall–Kier alpha value is -1.48. The van der Waals surface area contributed by atoms with Gasteiger partial charge in [0.15, 0.2) is 0 Å². The van der Waals surface area contributed by atoms with E-state index in [0.29, 0.717) is 12.2 Å². The number of hydrogen-bond donors (Lipinski definition) is 0. The van der Waals surface area contributed by atoms with E-state index in [0.717, 1.165) is 5.56 Å². The summed E-state index contributed by atoms with van der Waals surface area (Å²) in [5, 5.41) is 0. The number of rotatable bonds is 5. The third kappa shape index (κ3) is 3.49.